The summed E-state index contributed by atoms with van der Waals surface area (Å²) in [5, 5.41) is 9.23. The van der Waals surface area contributed by atoms with Crippen LogP contribution in [0.4, 0.5) is 0 Å². The Morgan fingerprint density at radius 3 is 2.83 bits per heavy atom. The van der Waals surface area contributed by atoms with Crippen molar-refractivity contribution >= 4 is 35.1 Å². The van der Waals surface area contributed by atoms with Gasteiger partial charge in [-0.15, -0.1) is 0 Å². The second kappa shape index (κ2) is 9.79. The summed E-state index contributed by atoms with van der Waals surface area (Å²) in [6.45, 7) is 13.8. The molecule has 182 valence electrons. The van der Waals surface area contributed by atoms with Crippen molar-refractivity contribution < 1.29 is 0 Å². The lowest BCUT2D eigenvalue weighted by Crippen LogP contribution is -2.57. The SMILES string of the molecule is C=CC(=NC(=C\C)/C(C)=C/C=c1/[nH]nc(-c2nc3c(C4=CCC=C4)cccc3[nH]2)c1=C)N1CC(N)C1. The van der Waals surface area contributed by atoms with E-state index in [1.807, 2.05) is 44.2 Å². The van der Waals surface area contributed by atoms with Crippen molar-refractivity contribution in [3.8, 4) is 11.5 Å². The fourth-order valence-electron chi connectivity index (χ4n) is 4.49. The van der Waals surface area contributed by atoms with Crippen LogP contribution < -0.4 is 16.3 Å². The van der Waals surface area contributed by atoms with E-state index in [4.69, 9.17) is 15.7 Å². The molecule has 0 saturated carbocycles. The van der Waals surface area contributed by atoms with Crippen LogP contribution >= 0.6 is 0 Å². The van der Waals surface area contributed by atoms with Crippen molar-refractivity contribution in [2.24, 2.45) is 10.7 Å². The highest BCUT2D eigenvalue weighted by Gasteiger charge is 2.24. The fraction of sp³-hybridized carbons (Fsp3) is 0.207. The molecule has 2 aromatic heterocycles. The number of rotatable bonds is 6. The Bertz CT molecular complexity index is 1580. The third-order valence-corrected chi connectivity index (χ3v) is 6.55. The summed E-state index contributed by atoms with van der Waals surface area (Å²) in [6, 6.07) is 6.39. The summed E-state index contributed by atoms with van der Waals surface area (Å²) >= 11 is 0. The van der Waals surface area contributed by atoms with Crippen LogP contribution in [0.1, 0.15) is 25.8 Å². The minimum absolute atomic E-state index is 0.203. The predicted octanol–water partition coefficient (Wildman–Crippen LogP) is 3.56. The Balaban J connectivity index is 1.44. The normalized spacial score (nSPS) is 17.8. The molecule has 3 heterocycles. The van der Waals surface area contributed by atoms with Gasteiger partial charge in [-0.05, 0) is 49.6 Å². The van der Waals surface area contributed by atoms with Crippen LogP contribution in [0.25, 0.3) is 40.8 Å². The third-order valence-electron chi connectivity index (χ3n) is 6.55. The average molecular weight is 478 g/mol. The van der Waals surface area contributed by atoms with E-state index >= 15 is 0 Å². The number of H-pyrrole nitrogens is 2. The topological polar surface area (TPSA) is 99.0 Å². The maximum atomic E-state index is 5.92. The molecule has 1 aliphatic heterocycles. The quantitative estimate of drug-likeness (QED) is 0.287. The molecule has 7 nitrogen and oxygen atoms in total. The molecule has 0 radical (unpaired) electrons. The van der Waals surface area contributed by atoms with Crippen molar-refractivity contribution in [2.45, 2.75) is 26.3 Å². The van der Waals surface area contributed by atoms with E-state index in [-0.39, 0.29) is 6.04 Å². The second-order valence-electron chi connectivity index (χ2n) is 9.08. The van der Waals surface area contributed by atoms with Crippen LogP contribution in [0.2, 0.25) is 0 Å². The van der Waals surface area contributed by atoms with Gasteiger partial charge in [0.2, 0.25) is 0 Å². The van der Waals surface area contributed by atoms with Crippen molar-refractivity contribution in [1.29, 1.82) is 0 Å². The lowest BCUT2D eigenvalue weighted by atomic mass is 10.1. The molecule has 4 N–H and O–H groups in total. The largest absolute Gasteiger partial charge is 0.353 e. The van der Waals surface area contributed by atoms with Gasteiger partial charge in [0.05, 0.1) is 22.1 Å². The number of para-hydroxylation sites is 1. The Morgan fingerprint density at radius 1 is 1.31 bits per heavy atom. The van der Waals surface area contributed by atoms with E-state index in [1.54, 1.807) is 6.08 Å². The van der Waals surface area contributed by atoms with Gasteiger partial charge in [0.15, 0.2) is 5.82 Å². The average Bonchev–Trinajstić information content (AvgIpc) is 3.61. The number of nitrogens with two attached hydrogens (primary N) is 1. The monoisotopic (exact) mass is 477 g/mol. The molecular formula is C29H31N7. The summed E-state index contributed by atoms with van der Waals surface area (Å²) < 4.78 is 0. The first-order valence-corrected chi connectivity index (χ1v) is 12.1. The van der Waals surface area contributed by atoms with Crippen molar-refractivity contribution in [3.05, 3.63) is 88.6 Å². The number of imidazole rings is 1. The lowest BCUT2D eigenvalue weighted by molar-refractivity contribution is 0.255. The van der Waals surface area contributed by atoms with Gasteiger partial charge in [0, 0.05) is 29.9 Å². The highest BCUT2D eigenvalue weighted by Crippen LogP contribution is 2.28. The minimum atomic E-state index is 0.203. The molecule has 7 heteroatoms. The van der Waals surface area contributed by atoms with Crippen LogP contribution in [0.5, 0.6) is 0 Å². The fourth-order valence-corrected chi connectivity index (χ4v) is 4.49. The molecule has 0 amide bonds. The maximum Gasteiger partial charge on any atom is 0.159 e. The van der Waals surface area contributed by atoms with E-state index in [2.05, 4.69) is 57.5 Å². The van der Waals surface area contributed by atoms with Gasteiger partial charge >= 0.3 is 0 Å². The number of aromatic nitrogens is 4. The Labute approximate surface area is 210 Å². The van der Waals surface area contributed by atoms with Gasteiger partial charge in [-0.2, -0.15) is 5.10 Å². The molecule has 1 saturated heterocycles. The molecule has 1 aliphatic carbocycles. The molecule has 1 fully saturated rings. The van der Waals surface area contributed by atoms with Gasteiger partial charge < -0.3 is 15.6 Å². The van der Waals surface area contributed by atoms with Crippen LogP contribution in [-0.4, -0.2) is 50.0 Å². The third kappa shape index (κ3) is 4.41. The van der Waals surface area contributed by atoms with Gasteiger partial charge in [-0.3, -0.25) is 5.10 Å². The van der Waals surface area contributed by atoms with Gasteiger partial charge in [0.25, 0.3) is 0 Å². The number of allylic oxidation sites excluding steroid dienone is 7. The Kier molecular flexibility index (Phi) is 6.40. The van der Waals surface area contributed by atoms with Crippen molar-refractivity contribution in [1.82, 2.24) is 25.1 Å². The number of hydrogen-bond acceptors (Lipinski definition) is 4. The number of likely N-dealkylation sites (tertiary alicyclic amines) is 1. The first kappa shape index (κ1) is 23.5. The molecule has 36 heavy (non-hydrogen) atoms. The molecule has 0 unspecified atom stereocenters. The Hall–Kier alpha value is -4.23. The highest BCUT2D eigenvalue weighted by atomic mass is 15.3. The van der Waals surface area contributed by atoms with E-state index in [0.29, 0.717) is 11.5 Å². The predicted molar refractivity (Wildman–Crippen MR) is 149 cm³/mol. The first-order valence-electron chi connectivity index (χ1n) is 12.1. The molecule has 1 aromatic carbocycles. The number of amidine groups is 1. The molecule has 0 atom stereocenters. The Morgan fingerprint density at radius 2 is 2.14 bits per heavy atom. The smallest absolute Gasteiger partial charge is 0.159 e. The summed E-state index contributed by atoms with van der Waals surface area (Å²) in [7, 11) is 0. The second-order valence-corrected chi connectivity index (χ2v) is 9.08. The zero-order valence-electron chi connectivity index (χ0n) is 20.8. The minimum Gasteiger partial charge on any atom is -0.353 e. The van der Waals surface area contributed by atoms with E-state index in [9.17, 15) is 0 Å². The molecule has 3 aromatic rings. The summed E-state index contributed by atoms with van der Waals surface area (Å²) in [6.07, 6.45) is 15.2. The van der Waals surface area contributed by atoms with Gasteiger partial charge in [0.1, 0.15) is 11.5 Å². The number of nitrogens with one attached hydrogen (secondary N) is 2. The number of aromatic amines is 2. The zero-order valence-corrected chi connectivity index (χ0v) is 20.8. The van der Waals surface area contributed by atoms with Crippen LogP contribution in [0, 0.1) is 0 Å². The number of fused-ring (bicyclic) bond motifs is 1. The number of benzene rings is 1. The van der Waals surface area contributed by atoms with E-state index in [0.717, 1.165) is 63.8 Å². The number of aliphatic imine (C=N–C) groups is 1. The molecule has 0 spiro atoms. The lowest BCUT2D eigenvalue weighted by Gasteiger charge is -2.38. The molecule has 0 bridgehead atoms. The summed E-state index contributed by atoms with van der Waals surface area (Å²) in [5.74, 6) is 1.54. The van der Waals surface area contributed by atoms with Crippen molar-refractivity contribution in [2.75, 3.05) is 13.1 Å². The zero-order chi connectivity index (χ0) is 25.2. The van der Waals surface area contributed by atoms with Gasteiger partial charge in [-0.25, -0.2) is 9.98 Å². The van der Waals surface area contributed by atoms with Crippen molar-refractivity contribution in [3.63, 3.8) is 0 Å². The first-order chi connectivity index (χ1) is 17.5. The maximum absolute atomic E-state index is 5.92. The van der Waals surface area contributed by atoms with E-state index < -0.39 is 0 Å². The van der Waals surface area contributed by atoms with Crippen LogP contribution in [0.3, 0.4) is 0 Å². The van der Waals surface area contributed by atoms with E-state index in [1.165, 1.54) is 5.57 Å². The molecule has 5 rings (SSSR count). The number of hydrogen-bond donors (Lipinski definition) is 3. The molecule has 2 aliphatic rings. The van der Waals surface area contributed by atoms with Crippen LogP contribution in [-0.2, 0) is 0 Å². The highest BCUT2D eigenvalue weighted by molar-refractivity contribution is 5.95. The van der Waals surface area contributed by atoms with Crippen LogP contribution in [0.15, 0.2) is 77.5 Å². The molecular weight excluding hydrogens is 446 g/mol. The standard InChI is InChI=1S/C29H31N7/c1-5-23(31-26(6-2)36-16-21(30)17-36)18(3)14-15-24-19(4)27(35-34-24)29-32-25-13-9-12-22(28(25)33-29)20-10-7-8-11-20/h5-7,9-15,21,34H,2,4,8,16-17,30H2,1,3H3,(H,32,33)/b18-14+,23-5-,24-15+,31-26?. The summed E-state index contributed by atoms with van der Waals surface area (Å²) in [5.41, 5.74) is 12.8. The van der Waals surface area contributed by atoms with Gasteiger partial charge in [-0.1, -0.05) is 55.7 Å². The number of nitrogens with zero attached hydrogens (tertiary/aromatic N) is 4. The summed E-state index contributed by atoms with van der Waals surface area (Å²) in [4.78, 5) is 15.2.